The van der Waals surface area contributed by atoms with E-state index in [0.29, 0.717) is 5.46 Å². The fourth-order valence-corrected chi connectivity index (χ4v) is 2.30. The predicted molar refractivity (Wildman–Crippen MR) is 96.3 cm³/mol. The van der Waals surface area contributed by atoms with Crippen LogP contribution in [0.2, 0.25) is 0 Å². The molecular weight excluding hydrogens is 323 g/mol. The molecule has 1 N–H and O–H groups in total. The van der Waals surface area contributed by atoms with Crippen molar-refractivity contribution >= 4 is 18.7 Å². The molecule has 0 unspecified atom stereocenters. The van der Waals surface area contributed by atoms with Crippen LogP contribution in [0.25, 0.3) is 0 Å². The number of hydrogen-bond donors (Lipinski definition) is 1. The number of amides is 1. The van der Waals surface area contributed by atoms with Gasteiger partial charge < -0.3 is 23.9 Å². The lowest BCUT2D eigenvalue weighted by Gasteiger charge is -2.32. The quantitative estimate of drug-likeness (QED) is 0.820. The van der Waals surface area contributed by atoms with Gasteiger partial charge in [0.1, 0.15) is 5.75 Å². The molecule has 138 valence electrons. The zero-order valence-electron chi connectivity index (χ0n) is 16.2. The van der Waals surface area contributed by atoms with E-state index in [9.17, 15) is 9.59 Å². The number of pyridine rings is 1. The number of carbonyl (C=O) groups is 1. The summed E-state index contributed by atoms with van der Waals surface area (Å²) in [5.41, 5.74) is -1.35. The first-order chi connectivity index (χ1) is 11.2. The second-order valence-corrected chi connectivity index (χ2v) is 8.39. The summed E-state index contributed by atoms with van der Waals surface area (Å²) in [6.07, 6.45) is 0.933. The maximum absolute atomic E-state index is 12.1. The molecule has 0 aromatic carbocycles. The van der Waals surface area contributed by atoms with Crippen molar-refractivity contribution in [1.29, 1.82) is 0 Å². The van der Waals surface area contributed by atoms with Crippen LogP contribution in [0.4, 0.5) is 4.79 Å². The number of hydrogen-bond acceptors (Lipinski definition) is 5. The smallest absolute Gasteiger partial charge is 0.410 e. The molecule has 0 atom stereocenters. The molecule has 1 aliphatic rings. The van der Waals surface area contributed by atoms with Crippen LogP contribution >= 0.6 is 0 Å². The summed E-state index contributed by atoms with van der Waals surface area (Å²) in [5, 5.41) is 2.70. The Bertz CT molecular complexity index is 718. The van der Waals surface area contributed by atoms with Gasteiger partial charge in [0.15, 0.2) is 0 Å². The number of nitrogens with zero attached hydrogens (tertiary/aromatic N) is 1. The molecule has 1 aromatic rings. The molecule has 0 bridgehead atoms. The molecule has 25 heavy (non-hydrogen) atoms. The molecule has 1 saturated heterocycles. The monoisotopic (exact) mass is 350 g/mol. The summed E-state index contributed by atoms with van der Waals surface area (Å²) in [5.74, 6) is 0.128. The van der Waals surface area contributed by atoms with Crippen molar-refractivity contribution in [3.8, 4) is 5.75 Å². The van der Waals surface area contributed by atoms with Gasteiger partial charge in [-0.1, -0.05) is 0 Å². The summed E-state index contributed by atoms with van der Waals surface area (Å²) in [4.78, 5) is 24.1. The lowest BCUT2D eigenvalue weighted by molar-refractivity contribution is 0.00578. The van der Waals surface area contributed by atoms with Gasteiger partial charge in [-0.3, -0.25) is 4.79 Å². The molecule has 2 heterocycles. The van der Waals surface area contributed by atoms with Crippen molar-refractivity contribution in [2.75, 3.05) is 0 Å². The summed E-state index contributed by atoms with van der Waals surface area (Å²) in [6, 6.07) is 1.27. The average Bonchev–Trinajstić information content (AvgIpc) is 2.60. The third-order valence-electron chi connectivity index (χ3n) is 4.41. The molecule has 7 nitrogen and oxygen atoms in total. The first-order valence-corrected chi connectivity index (χ1v) is 8.28. The van der Waals surface area contributed by atoms with E-state index in [1.165, 1.54) is 10.6 Å². The highest BCUT2D eigenvalue weighted by Crippen LogP contribution is 2.37. The third-order valence-corrected chi connectivity index (χ3v) is 4.41. The fraction of sp³-hybridized carbons (Fsp3) is 0.647. The number of rotatable bonds is 2. The zero-order chi connectivity index (χ0) is 19.2. The highest BCUT2D eigenvalue weighted by molar-refractivity contribution is 6.63. The van der Waals surface area contributed by atoms with E-state index in [-0.39, 0.29) is 11.3 Å². The van der Waals surface area contributed by atoms with Crippen molar-refractivity contribution < 1.29 is 18.8 Å². The minimum Gasteiger partial charge on any atom is -0.410 e. The minimum absolute atomic E-state index is 0.128. The Morgan fingerprint density at radius 2 is 1.72 bits per heavy atom. The van der Waals surface area contributed by atoms with E-state index in [1.807, 2.05) is 48.5 Å². The molecule has 1 fully saturated rings. The van der Waals surface area contributed by atoms with E-state index in [4.69, 9.17) is 14.0 Å². The van der Waals surface area contributed by atoms with Gasteiger partial charge in [-0.05, 0) is 48.5 Å². The summed E-state index contributed by atoms with van der Waals surface area (Å²) in [6.45, 7) is 13.3. The van der Waals surface area contributed by atoms with Crippen molar-refractivity contribution in [1.82, 2.24) is 9.88 Å². The largest absolute Gasteiger partial charge is 0.500 e. The molecule has 0 saturated carbocycles. The van der Waals surface area contributed by atoms with Gasteiger partial charge >= 0.3 is 13.2 Å². The number of ether oxygens (including phenoxy) is 1. The molecule has 1 aromatic heterocycles. The molecule has 8 heteroatoms. The molecule has 0 spiro atoms. The van der Waals surface area contributed by atoms with Gasteiger partial charge in [0, 0.05) is 30.3 Å². The van der Waals surface area contributed by atoms with E-state index in [1.54, 1.807) is 13.2 Å². The SMILES string of the molecule is Cn1cc(B2OC(C)(C)C(C)(C)O2)c(OC(=O)NC(C)(C)C)cc1=O. The molecular formula is C17H27BN2O5. The first kappa shape index (κ1) is 19.5. The van der Waals surface area contributed by atoms with Gasteiger partial charge in [-0.25, -0.2) is 4.79 Å². The van der Waals surface area contributed by atoms with Crippen LogP contribution in [0.15, 0.2) is 17.1 Å². The number of aromatic nitrogens is 1. The van der Waals surface area contributed by atoms with Crippen LogP contribution in [0.5, 0.6) is 5.75 Å². The summed E-state index contributed by atoms with van der Waals surface area (Å²) < 4.78 is 18.8. The summed E-state index contributed by atoms with van der Waals surface area (Å²) >= 11 is 0. The lowest BCUT2D eigenvalue weighted by Crippen LogP contribution is -2.44. The van der Waals surface area contributed by atoms with E-state index < -0.39 is 30.0 Å². The highest BCUT2D eigenvalue weighted by atomic mass is 16.7. The van der Waals surface area contributed by atoms with Gasteiger partial charge in [0.2, 0.25) is 0 Å². The van der Waals surface area contributed by atoms with Crippen molar-refractivity contribution in [3.05, 3.63) is 22.6 Å². The topological polar surface area (TPSA) is 78.8 Å². The Kier molecular flexibility index (Phi) is 4.82. The van der Waals surface area contributed by atoms with Crippen LogP contribution < -0.4 is 21.1 Å². The number of nitrogens with one attached hydrogen (secondary N) is 1. The number of aryl methyl sites for hydroxylation is 1. The Morgan fingerprint density at radius 3 is 2.20 bits per heavy atom. The molecule has 1 amide bonds. The minimum atomic E-state index is -0.741. The molecule has 0 radical (unpaired) electrons. The molecule has 1 aliphatic heterocycles. The van der Waals surface area contributed by atoms with Gasteiger partial charge in [-0.2, -0.15) is 0 Å². The Morgan fingerprint density at radius 1 is 1.20 bits per heavy atom. The average molecular weight is 350 g/mol. The van der Waals surface area contributed by atoms with Crippen LogP contribution in [-0.2, 0) is 16.4 Å². The fourth-order valence-electron chi connectivity index (χ4n) is 2.30. The maximum Gasteiger partial charge on any atom is 0.500 e. The molecule has 2 rings (SSSR count). The van der Waals surface area contributed by atoms with E-state index >= 15 is 0 Å². The Hall–Kier alpha value is -1.80. The zero-order valence-corrected chi connectivity index (χ0v) is 16.2. The standard InChI is InChI=1S/C17H27BN2O5/c1-15(2,3)19-14(22)23-12-9-13(21)20(8)10-11(12)18-24-16(4,5)17(6,7)25-18/h9-10H,1-8H3,(H,19,22). The second-order valence-electron chi connectivity index (χ2n) is 8.39. The third kappa shape index (κ3) is 4.25. The van der Waals surface area contributed by atoms with Crippen LogP contribution in [0, 0.1) is 0 Å². The van der Waals surface area contributed by atoms with Crippen LogP contribution in [-0.4, -0.2) is 34.5 Å². The maximum atomic E-state index is 12.1. The van der Waals surface area contributed by atoms with Gasteiger partial charge in [0.25, 0.3) is 5.56 Å². The van der Waals surface area contributed by atoms with Crippen molar-refractivity contribution in [3.63, 3.8) is 0 Å². The van der Waals surface area contributed by atoms with Crippen molar-refractivity contribution in [2.45, 2.75) is 65.2 Å². The highest BCUT2D eigenvalue weighted by Gasteiger charge is 2.52. The van der Waals surface area contributed by atoms with Crippen LogP contribution in [0.3, 0.4) is 0 Å². The van der Waals surface area contributed by atoms with E-state index in [0.717, 1.165) is 0 Å². The van der Waals surface area contributed by atoms with Crippen LogP contribution in [0.1, 0.15) is 48.5 Å². The first-order valence-electron chi connectivity index (χ1n) is 8.28. The normalized spacial score (nSPS) is 19.0. The predicted octanol–water partition coefficient (Wildman–Crippen LogP) is 1.57. The van der Waals surface area contributed by atoms with Gasteiger partial charge in [-0.15, -0.1) is 0 Å². The lowest BCUT2D eigenvalue weighted by atomic mass is 9.79. The Labute approximate surface area is 148 Å². The van der Waals surface area contributed by atoms with Gasteiger partial charge in [0.05, 0.1) is 11.2 Å². The van der Waals surface area contributed by atoms with E-state index in [2.05, 4.69) is 5.32 Å². The number of carbonyl (C=O) groups excluding carboxylic acids is 1. The second kappa shape index (κ2) is 6.18. The Balaban J connectivity index is 2.37. The van der Waals surface area contributed by atoms with Crippen molar-refractivity contribution in [2.24, 2.45) is 7.05 Å². The molecule has 0 aliphatic carbocycles. The summed E-state index contributed by atoms with van der Waals surface area (Å²) in [7, 11) is 0.880.